The summed E-state index contributed by atoms with van der Waals surface area (Å²) < 4.78 is 0. The SMILES string of the molecule is OCC1(C2CCCCN2)CC1. The molecule has 11 heavy (non-hydrogen) atoms. The standard InChI is InChI=1S/C9H17NO/c11-7-9(4-5-9)8-3-1-2-6-10-8/h8,10-11H,1-7H2. The lowest BCUT2D eigenvalue weighted by molar-refractivity contribution is 0.155. The van der Waals surface area contributed by atoms with Crippen LogP contribution in [-0.4, -0.2) is 24.3 Å². The van der Waals surface area contributed by atoms with Crippen LogP contribution in [0.25, 0.3) is 0 Å². The van der Waals surface area contributed by atoms with Gasteiger partial charge in [0.2, 0.25) is 0 Å². The molecule has 0 aromatic carbocycles. The first-order valence-electron chi connectivity index (χ1n) is 4.72. The number of aliphatic hydroxyl groups excluding tert-OH is 1. The van der Waals surface area contributed by atoms with Crippen LogP contribution in [0.4, 0.5) is 0 Å². The smallest absolute Gasteiger partial charge is 0.0502 e. The van der Waals surface area contributed by atoms with Crippen LogP contribution in [0.1, 0.15) is 32.1 Å². The van der Waals surface area contributed by atoms with Crippen molar-refractivity contribution in [2.24, 2.45) is 5.41 Å². The zero-order chi connectivity index (χ0) is 7.73. The Hall–Kier alpha value is -0.0800. The molecule has 1 saturated heterocycles. The van der Waals surface area contributed by atoms with Crippen molar-refractivity contribution in [1.29, 1.82) is 0 Å². The Labute approximate surface area is 68.0 Å². The van der Waals surface area contributed by atoms with Crippen molar-refractivity contribution in [2.45, 2.75) is 38.1 Å². The molecule has 1 heterocycles. The average Bonchev–Trinajstić information content (AvgIpc) is 2.86. The van der Waals surface area contributed by atoms with Gasteiger partial charge < -0.3 is 10.4 Å². The molecule has 2 nitrogen and oxygen atoms in total. The predicted molar refractivity (Wildman–Crippen MR) is 44.4 cm³/mol. The number of hydrogen-bond acceptors (Lipinski definition) is 2. The normalized spacial score (nSPS) is 35.2. The molecule has 0 aromatic rings. The monoisotopic (exact) mass is 155 g/mol. The van der Waals surface area contributed by atoms with Gasteiger partial charge in [-0.25, -0.2) is 0 Å². The van der Waals surface area contributed by atoms with Crippen LogP contribution < -0.4 is 5.32 Å². The highest BCUT2D eigenvalue weighted by Gasteiger charge is 2.48. The molecular formula is C9H17NO. The van der Waals surface area contributed by atoms with Crippen molar-refractivity contribution < 1.29 is 5.11 Å². The molecule has 1 atom stereocenters. The maximum absolute atomic E-state index is 9.17. The van der Waals surface area contributed by atoms with Crippen molar-refractivity contribution in [1.82, 2.24) is 5.32 Å². The minimum absolute atomic E-state index is 0.306. The number of nitrogens with one attached hydrogen (secondary N) is 1. The third-order valence-electron chi connectivity index (χ3n) is 3.26. The maximum Gasteiger partial charge on any atom is 0.0502 e. The van der Waals surface area contributed by atoms with E-state index in [1.54, 1.807) is 0 Å². The number of piperidine rings is 1. The van der Waals surface area contributed by atoms with E-state index in [-0.39, 0.29) is 0 Å². The molecule has 1 unspecified atom stereocenters. The van der Waals surface area contributed by atoms with Gasteiger partial charge in [-0.1, -0.05) is 6.42 Å². The summed E-state index contributed by atoms with van der Waals surface area (Å²) in [5, 5.41) is 12.7. The summed E-state index contributed by atoms with van der Waals surface area (Å²) in [6, 6.07) is 0.626. The second-order valence-electron chi connectivity index (χ2n) is 4.02. The van der Waals surface area contributed by atoms with E-state index in [0.717, 1.165) is 6.54 Å². The molecule has 0 bridgehead atoms. The molecular weight excluding hydrogens is 138 g/mol. The first-order valence-corrected chi connectivity index (χ1v) is 4.72. The Morgan fingerprint density at radius 2 is 2.18 bits per heavy atom. The van der Waals surface area contributed by atoms with E-state index in [0.29, 0.717) is 18.1 Å². The van der Waals surface area contributed by atoms with Gasteiger partial charge in [-0.2, -0.15) is 0 Å². The maximum atomic E-state index is 9.17. The Morgan fingerprint density at radius 1 is 1.36 bits per heavy atom. The van der Waals surface area contributed by atoms with Crippen LogP contribution in [0.3, 0.4) is 0 Å². The Morgan fingerprint density at radius 3 is 2.64 bits per heavy atom. The minimum Gasteiger partial charge on any atom is -0.396 e. The fourth-order valence-corrected chi connectivity index (χ4v) is 2.15. The lowest BCUT2D eigenvalue weighted by Gasteiger charge is -2.30. The zero-order valence-electron chi connectivity index (χ0n) is 6.97. The van der Waals surface area contributed by atoms with Crippen molar-refractivity contribution in [3.8, 4) is 0 Å². The first-order chi connectivity index (χ1) is 5.37. The van der Waals surface area contributed by atoms with Crippen LogP contribution in [0.15, 0.2) is 0 Å². The molecule has 64 valence electrons. The molecule has 2 N–H and O–H groups in total. The fraction of sp³-hybridized carbons (Fsp3) is 1.00. The van der Waals surface area contributed by atoms with Crippen LogP contribution in [-0.2, 0) is 0 Å². The summed E-state index contributed by atoms with van der Waals surface area (Å²) >= 11 is 0. The average molecular weight is 155 g/mol. The lowest BCUT2D eigenvalue weighted by Crippen LogP contribution is -2.42. The molecule has 1 aliphatic heterocycles. The van der Waals surface area contributed by atoms with Crippen LogP contribution >= 0.6 is 0 Å². The summed E-state index contributed by atoms with van der Waals surface area (Å²) in [6.45, 7) is 1.55. The largest absolute Gasteiger partial charge is 0.396 e. The third-order valence-corrected chi connectivity index (χ3v) is 3.26. The molecule has 0 spiro atoms. The molecule has 2 rings (SSSR count). The molecule has 1 saturated carbocycles. The van der Waals surface area contributed by atoms with Crippen molar-refractivity contribution >= 4 is 0 Å². The van der Waals surface area contributed by atoms with Gasteiger partial charge in [-0.15, -0.1) is 0 Å². The van der Waals surface area contributed by atoms with E-state index in [1.807, 2.05) is 0 Å². The van der Waals surface area contributed by atoms with E-state index in [2.05, 4.69) is 5.32 Å². The molecule has 2 heteroatoms. The summed E-state index contributed by atoms with van der Waals surface area (Å²) in [5.74, 6) is 0. The molecule has 1 aliphatic carbocycles. The van der Waals surface area contributed by atoms with Crippen LogP contribution in [0.5, 0.6) is 0 Å². The lowest BCUT2D eigenvalue weighted by atomic mass is 9.90. The highest BCUT2D eigenvalue weighted by Crippen LogP contribution is 2.49. The summed E-state index contributed by atoms with van der Waals surface area (Å²) in [5.41, 5.74) is 0.306. The Bertz CT molecular complexity index is 136. The van der Waals surface area contributed by atoms with Crippen LogP contribution in [0.2, 0.25) is 0 Å². The van der Waals surface area contributed by atoms with Gasteiger partial charge in [0.25, 0.3) is 0 Å². The van der Waals surface area contributed by atoms with Gasteiger partial charge >= 0.3 is 0 Å². The summed E-state index contributed by atoms with van der Waals surface area (Å²) in [7, 11) is 0. The van der Waals surface area contributed by atoms with Gasteiger partial charge in [0, 0.05) is 11.5 Å². The second-order valence-corrected chi connectivity index (χ2v) is 4.02. The number of hydrogen-bond donors (Lipinski definition) is 2. The van der Waals surface area contributed by atoms with Gasteiger partial charge in [0.15, 0.2) is 0 Å². The van der Waals surface area contributed by atoms with E-state index in [1.165, 1.54) is 32.1 Å². The van der Waals surface area contributed by atoms with E-state index in [4.69, 9.17) is 5.11 Å². The van der Waals surface area contributed by atoms with E-state index < -0.39 is 0 Å². The van der Waals surface area contributed by atoms with Gasteiger partial charge in [-0.3, -0.25) is 0 Å². The summed E-state index contributed by atoms with van der Waals surface area (Å²) in [6.07, 6.45) is 6.42. The summed E-state index contributed by atoms with van der Waals surface area (Å²) in [4.78, 5) is 0. The molecule has 2 aliphatic rings. The first kappa shape index (κ1) is 7.56. The highest BCUT2D eigenvalue weighted by atomic mass is 16.3. The van der Waals surface area contributed by atoms with Crippen molar-refractivity contribution in [2.75, 3.05) is 13.2 Å². The molecule has 2 fully saturated rings. The Kier molecular flexibility index (Phi) is 1.90. The van der Waals surface area contributed by atoms with Crippen molar-refractivity contribution in [3.05, 3.63) is 0 Å². The third kappa shape index (κ3) is 1.30. The van der Waals surface area contributed by atoms with E-state index in [9.17, 15) is 0 Å². The molecule has 0 aromatic heterocycles. The predicted octanol–water partition coefficient (Wildman–Crippen LogP) is 0.901. The zero-order valence-corrected chi connectivity index (χ0v) is 6.97. The highest BCUT2D eigenvalue weighted by molar-refractivity contribution is 5.02. The van der Waals surface area contributed by atoms with Gasteiger partial charge in [0.05, 0.1) is 6.61 Å². The topological polar surface area (TPSA) is 32.3 Å². The molecule has 0 radical (unpaired) electrons. The number of rotatable bonds is 2. The van der Waals surface area contributed by atoms with E-state index >= 15 is 0 Å². The Balaban J connectivity index is 1.92. The van der Waals surface area contributed by atoms with Gasteiger partial charge in [-0.05, 0) is 32.2 Å². The quantitative estimate of drug-likeness (QED) is 0.621. The van der Waals surface area contributed by atoms with Crippen molar-refractivity contribution in [3.63, 3.8) is 0 Å². The van der Waals surface area contributed by atoms with Crippen LogP contribution in [0, 0.1) is 5.41 Å². The van der Waals surface area contributed by atoms with Gasteiger partial charge in [0.1, 0.15) is 0 Å². The molecule has 0 amide bonds. The number of aliphatic hydroxyl groups is 1. The second kappa shape index (κ2) is 2.76. The minimum atomic E-state index is 0.306. The fourth-order valence-electron chi connectivity index (χ4n) is 2.15.